The van der Waals surface area contributed by atoms with E-state index in [-0.39, 0.29) is 11.9 Å². The molecule has 1 saturated carbocycles. The molecule has 0 bridgehead atoms. The van der Waals surface area contributed by atoms with Crippen LogP contribution >= 0.6 is 0 Å². The van der Waals surface area contributed by atoms with E-state index in [1.54, 1.807) is 0 Å². The lowest BCUT2D eigenvalue weighted by Gasteiger charge is -2.39. The van der Waals surface area contributed by atoms with E-state index < -0.39 is 0 Å². The highest BCUT2D eigenvalue weighted by Gasteiger charge is 2.28. The molecule has 1 aliphatic carbocycles. The van der Waals surface area contributed by atoms with Gasteiger partial charge in [0.15, 0.2) is 0 Å². The van der Waals surface area contributed by atoms with Crippen molar-refractivity contribution in [2.75, 3.05) is 31.1 Å². The zero-order valence-electron chi connectivity index (χ0n) is 16.0. The third-order valence-electron chi connectivity index (χ3n) is 5.97. The molecule has 1 heterocycles. The second kappa shape index (κ2) is 8.22. The molecule has 1 amide bonds. The van der Waals surface area contributed by atoms with Gasteiger partial charge in [0.25, 0.3) is 0 Å². The van der Waals surface area contributed by atoms with Crippen molar-refractivity contribution in [3.8, 4) is 0 Å². The Balaban J connectivity index is 1.47. The van der Waals surface area contributed by atoms with Crippen molar-refractivity contribution >= 4 is 11.6 Å². The molecule has 138 valence electrons. The number of amides is 1. The first-order valence-electron chi connectivity index (χ1n) is 9.89. The number of aryl methyl sites for hydroxylation is 1. The second-order valence-electron chi connectivity index (χ2n) is 8.00. The van der Waals surface area contributed by atoms with Gasteiger partial charge in [-0.2, -0.15) is 0 Å². The standard InChI is InChI=1S/C21H33N3O/c1-16-7-9-19(10-8-16)22-21(25)18(3)23-11-13-24(14-12-23)20-6-4-5-17(2)15-20/h4-6,15-16,18-19H,7-14H2,1-3H3,(H,22,25). The van der Waals surface area contributed by atoms with Crippen molar-refractivity contribution in [2.45, 2.75) is 58.5 Å². The minimum Gasteiger partial charge on any atom is -0.369 e. The molecule has 1 atom stereocenters. The summed E-state index contributed by atoms with van der Waals surface area (Å²) in [5.74, 6) is 1.03. The Morgan fingerprint density at radius 2 is 1.80 bits per heavy atom. The Bertz CT molecular complexity index is 572. The normalized spacial score (nSPS) is 26.3. The van der Waals surface area contributed by atoms with Crippen LogP contribution < -0.4 is 10.2 Å². The van der Waals surface area contributed by atoms with Gasteiger partial charge in [0, 0.05) is 37.9 Å². The van der Waals surface area contributed by atoms with Crippen LogP contribution in [-0.2, 0) is 4.79 Å². The first kappa shape index (κ1) is 18.2. The average Bonchev–Trinajstić information content (AvgIpc) is 2.63. The molecule has 1 unspecified atom stereocenters. The number of benzene rings is 1. The lowest BCUT2D eigenvalue weighted by Crippen LogP contribution is -2.55. The van der Waals surface area contributed by atoms with Crippen molar-refractivity contribution < 1.29 is 4.79 Å². The highest BCUT2D eigenvalue weighted by Crippen LogP contribution is 2.24. The summed E-state index contributed by atoms with van der Waals surface area (Å²) in [6, 6.07) is 9.05. The van der Waals surface area contributed by atoms with Crippen LogP contribution in [0.25, 0.3) is 0 Å². The maximum absolute atomic E-state index is 12.6. The van der Waals surface area contributed by atoms with E-state index in [0.717, 1.165) is 44.9 Å². The van der Waals surface area contributed by atoms with E-state index in [2.05, 4.69) is 60.2 Å². The van der Waals surface area contributed by atoms with Crippen LogP contribution in [0.5, 0.6) is 0 Å². The summed E-state index contributed by atoms with van der Waals surface area (Å²) in [6.45, 7) is 10.4. The SMILES string of the molecule is Cc1cccc(N2CCN(C(C)C(=O)NC3CCC(C)CC3)CC2)c1. The van der Waals surface area contributed by atoms with Gasteiger partial charge in [0.1, 0.15) is 0 Å². The van der Waals surface area contributed by atoms with Gasteiger partial charge in [0.2, 0.25) is 5.91 Å². The molecule has 4 nitrogen and oxygen atoms in total. The third kappa shape index (κ3) is 4.75. The summed E-state index contributed by atoms with van der Waals surface area (Å²) in [5.41, 5.74) is 2.60. The molecule has 0 aromatic heterocycles. The molecule has 1 saturated heterocycles. The molecular formula is C21H33N3O. The Hall–Kier alpha value is -1.55. The van der Waals surface area contributed by atoms with Crippen molar-refractivity contribution in [3.63, 3.8) is 0 Å². The first-order valence-corrected chi connectivity index (χ1v) is 9.89. The van der Waals surface area contributed by atoms with Crippen molar-refractivity contribution in [1.29, 1.82) is 0 Å². The van der Waals surface area contributed by atoms with Crippen LogP contribution in [-0.4, -0.2) is 49.1 Å². The summed E-state index contributed by atoms with van der Waals surface area (Å²) >= 11 is 0. The summed E-state index contributed by atoms with van der Waals surface area (Å²) < 4.78 is 0. The van der Waals surface area contributed by atoms with E-state index in [9.17, 15) is 4.79 Å². The first-order chi connectivity index (χ1) is 12.0. The number of piperazine rings is 1. The predicted octanol–water partition coefficient (Wildman–Crippen LogP) is 3.20. The van der Waals surface area contributed by atoms with Gasteiger partial charge >= 0.3 is 0 Å². The quantitative estimate of drug-likeness (QED) is 0.912. The fraction of sp³-hybridized carbons (Fsp3) is 0.667. The molecule has 0 spiro atoms. The van der Waals surface area contributed by atoms with Crippen molar-refractivity contribution in [3.05, 3.63) is 29.8 Å². The van der Waals surface area contributed by atoms with Crippen molar-refractivity contribution in [1.82, 2.24) is 10.2 Å². The number of hydrogen-bond acceptors (Lipinski definition) is 3. The molecular weight excluding hydrogens is 310 g/mol. The number of anilines is 1. The van der Waals surface area contributed by atoms with Crippen molar-refractivity contribution in [2.24, 2.45) is 5.92 Å². The molecule has 1 aromatic rings. The maximum Gasteiger partial charge on any atom is 0.237 e. The number of nitrogens with one attached hydrogen (secondary N) is 1. The minimum absolute atomic E-state index is 0.0287. The Morgan fingerprint density at radius 1 is 1.12 bits per heavy atom. The highest BCUT2D eigenvalue weighted by atomic mass is 16.2. The monoisotopic (exact) mass is 343 g/mol. The second-order valence-corrected chi connectivity index (χ2v) is 8.00. The van der Waals surface area contributed by atoms with Gasteiger partial charge in [-0.15, -0.1) is 0 Å². The summed E-state index contributed by atoms with van der Waals surface area (Å²) in [4.78, 5) is 17.4. The number of hydrogen-bond donors (Lipinski definition) is 1. The molecule has 25 heavy (non-hydrogen) atoms. The third-order valence-corrected chi connectivity index (χ3v) is 5.97. The van der Waals surface area contributed by atoms with Crippen LogP contribution in [0.2, 0.25) is 0 Å². The Kier molecular flexibility index (Phi) is 6.00. The fourth-order valence-corrected chi connectivity index (χ4v) is 4.08. The van der Waals surface area contributed by atoms with Gasteiger partial charge in [0.05, 0.1) is 6.04 Å². The molecule has 2 aliphatic rings. The predicted molar refractivity (Wildman–Crippen MR) is 104 cm³/mol. The number of nitrogens with zero attached hydrogens (tertiary/aromatic N) is 2. The van der Waals surface area contributed by atoms with Gasteiger partial charge in [-0.3, -0.25) is 9.69 Å². The zero-order chi connectivity index (χ0) is 17.8. The number of carbonyl (C=O) groups excluding carboxylic acids is 1. The summed E-state index contributed by atoms with van der Waals surface area (Å²) in [7, 11) is 0. The lowest BCUT2D eigenvalue weighted by atomic mass is 9.87. The fourth-order valence-electron chi connectivity index (χ4n) is 4.08. The molecule has 1 N–H and O–H groups in total. The smallest absolute Gasteiger partial charge is 0.237 e. The molecule has 3 rings (SSSR count). The Morgan fingerprint density at radius 3 is 2.44 bits per heavy atom. The van der Waals surface area contributed by atoms with Crippen LogP contribution in [0.15, 0.2) is 24.3 Å². The van der Waals surface area contributed by atoms with Gasteiger partial charge < -0.3 is 10.2 Å². The average molecular weight is 344 g/mol. The zero-order valence-corrected chi connectivity index (χ0v) is 16.0. The highest BCUT2D eigenvalue weighted by molar-refractivity contribution is 5.81. The van der Waals surface area contributed by atoms with Gasteiger partial charge in [-0.05, 0) is 63.1 Å². The lowest BCUT2D eigenvalue weighted by molar-refractivity contribution is -0.127. The molecule has 4 heteroatoms. The van der Waals surface area contributed by atoms with E-state index >= 15 is 0 Å². The van der Waals surface area contributed by atoms with E-state index in [4.69, 9.17) is 0 Å². The van der Waals surface area contributed by atoms with E-state index in [0.29, 0.717) is 6.04 Å². The Labute approximate surface area is 152 Å². The molecule has 2 fully saturated rings. The van der Waals surface area contributed by atoms with Gasteiger partial charge in [-0.25, -0.2) is 0 Å². The van der Waals surface area contributed by atoms with E-state index in [1.807, 2.05) is 0 Å². The topological polar surface area (TPSA) is 35.6 Å². The molecule has 1 aliphatic heterocycles. The van der Waals surface area contributed by atoms with Gasteiger partial charge in [-0.1, -0.05) is 19.1 Å². The largest absolute Gasteiger partial charge is 0.369 e. The maximum atomic E-state index is 12.6. The minimum atomic E-state index is -0.0287. The van der Waals surface area contributed by atoms with Crippen LogP contribution in [0.1, 0.15) is 45.1 Å². The summed E-state index contributed by atoms with van der Waals surface area (Å²) in [6.07, 6.45) is 4.77. The molecule has 0 radical (unpaired) electrons. The van der Waals surface area contributed by atoms with Crippen LogP contribution in [0.3, 0.4) is 0 Å². The molecule has 1 aromatic carbocycles. The number of rotatable bonds is 4. The van der Waals surface area contributed by atoms with Crippen LogP contribution in [0.4, 0.5) is 5.69 Å². The summed E-state index contributed by atoms with van der Waals surface area (Å²) in [5, 5.41) is 3.29. The van der Waals surface area contributed by atoms with Crippen LogP contribution in [0, 0.1) is 12.8 Å². The number of carbonyl (C=O) groups is 1. The van der Waals surface area contributed by atoms with E-state index in [1.165, 1.54) is 24.1 Å².